The smallest absolute Gasteiger partial charge is 0.229 e. The Morgan fingerprint density at radius 3 is 2.41 bits per heavy atom. The lowest BCUT2D eigenvalue weighted by Gasteiger charge is -2.41. The van der Waals surface area contributed by atoms with Gasteiger partial charge in [0.25, 0.3) is 0 Å². The lowest BCUT2D eigenvalue weighted by Crippen LogP contribution is -2.61. The van der Waals surface area contributed by atoms with Gasteiger partial charge < -0.3 is 35.0 Å². The minimum Gasteiger partial charge on any atom is -0.462 e. The third kappa shape index (κ3) is 5.23. The molecule has 1 aliphatic rings. The van der Waals surface area contributed by atoms with Gasteiger partial charge in [0.2, 0.25) is 6.29 Å². The van der Waals surface area contributed by atoms with E-state index < -0.39 is 42.6 Å². The van der Waals surface area contributed by atoms with Crippen LogP contribution in [0, 0.1) is 5.82 Å². The van der Waals surface area contributed by atoms with Crippen molar-refractivity contribution in [2.75, 3.05) is 0 Å². The highest BCUT2D eigenvalue weighted by Crippen LogP contribution is 2.34. The first-order valence-corrected chi connectivity index (χ1v) is 10.8. The van der Waals surface area contributed by atoms with Gasteiger partial charge in [0.1, 0.15) is 36.0 Å². The van der Waals surface area contributed by atoms with E-state index in [-0.39, 0.29) is 23.8 Å². The van der Waals surface area contributed by atoms with Gasteiger partial charge in [-0.15, -0.1) is 0 Å². The molecule has 0 saturated carbocycles. The van der Waals surface area contributed by atoms with Gasteiger partial charge in [-0.3, -0.25) is 0 Å². The molecule has 0 unspecified atom stereocenters. The number of aliphatic hydroxyl groups is 5. The molecule has 9 heteroatoms. The highest BCUT2D eigenvalue weighted by atomic mass is 35.5. The Bertz CT molecular complexity index is 939. The Kier molecular flexibility index (Phi) is 8.11. The van der Waals surface area contributed by atoms with Crippen molar-refractivity contribution in [3.8, 4) is 5.75 Å². The molecule has 1 aliphatic heterocycles. The van der Waals surface area contributed by atoms with Crippen molar-refractivity contribution in [3.63, 3.8) is 0 Å². The van der Waals surface area contributed by atoms with E-state index >= 15 is 0 Å². The standard InChI is InChI=1S/C23H28ClFO7/c1-3-12-4-5-14(17(25)7-12)9-15-16(24)6-13(10-26)8-18(15)31-23-21(30)19(28)20(29)22(32-23)11(2)27/h4-8,11,19-23,26-30H,3,9-10H2,1-2H3/t11-,19+,20+,21-,22-,23-/m1/s1. The predicted octanol–water partition coefficient (Wildman–Crippen LogP) is 1.69. The van der Waals surface area contributed by atoms with E-state index in [0.717, 1.165) is 5.56 Å². The summed E-state index contributed by atoms with van der Waals surface area (Å²) >= 11 is 6.41. The monoisotopic (exact) mass is 470 g/mol. The summed E-state index contributed by atoms with van der Waals surface area (Å²) in [6.45, 7) is 2.95. The van der Waals surface area contributed by atoms with Crippen LogP contribution in [-0.2, 0) is 24.2 Å². The van der Waals surface area contributed by atoms with Crippen molar-refractivity contribution in [2.24, 2.45) is 0 Å². The van der Waals surface area contributed by atoms with Gasteiger partial charge in [-0.1, -0.05) is 30.7 Å². The third-order valence-corrected chi connectivity index (χ3v) is 5.95. The molecule has 176 valence electrons. The topological polar surface area (TPSA) is 120 Å². The second-order valence-electron chi connectivity index (χ2n) is 7.97. The molecule has 3 rings (SSSR count). The molecule has 2 aromatic carbocycles. The summed E-state index contributed by atoms with van der Waals surface area (Å²) in [4.78, 5) is 0. The minimum atomic E-state index is -1.63. The van der Waals surface area contributed by atoms with Crippen LogP contribution in [-0.4, -0.2) is 62.3 Å². The molecule has 5 N–H and O–H groups in total. The Morgan fingerprint density at radius 2 is 1.81 bits per heavy atom. The molecule has 2 aromatic rings. The number of ether oxygens (including phenoxy) is 2. The fourth-order valence-corrected chi connectivity index (χ4v) is 3.97. The van der Waals surface area contributed by atoms with E-state index in [2.05, 4.69) is 0 Å². The molecule has 1 fully saturated rings. The molecular weight excluding hydrogens is 443 g/mol. The number of aryl methyl sites for hydroxylation is 1. The van der Waals surface area contributed by atoms with Crippen LogP contribution in [0.25, 0.3) is 0 Å². The van der Waals surface area contributed by atoms with Crippen molar-refractivity contribution >= 4 is 11.6 Å². The predicted molar refractivity (Wildman–Crippen MR) is 115 cm³/mol. The van der Waals surface area contributed by atoms with Crippen LogP contribution in [0.15, 0.2) is 30.3 Å². The molecule has 1 saturated heterocycles. The maximum absolute atomic E-state index is 14.6. The van der Waals surface area contributed by atoms with Crippen LogP contribution in [0.2, 0.25) is 5.02 Å². The summed E-state index contributed by atoms with van der Waals surface area (Å²) in [5.74, 6) is -0.295. The fraction of sp³-hybridized carbons (Fsp3) is 0.478. The molecule has 0 bridgehead atoms. The Morgan fingerprint density at radius 1 is 1.09 bits per heavy atom. The van der Waals surface area contributed by atoms with E-state index in [1.54, 1.807) is 6.07 Å². The van der Waals surface area contributed by atoms with Gasteiger partial charge in [0, 0.05) is 17.0 Å². The maximum Gasteiger partial charge on any atom is 0.229 e. The lowest BCUT2D eigenvalue weighted by atomic mass is 9.96. The number of rotatable bonds is 7. The van der Waals surface area contributed by atoms with Gasteiger partial charge in [0.05, 0.1) is 12.7 Å². The van der Waals surface area contributed by atoms with Crippen molar-refractivity contribution in [1.82, 2.24) is 0 Å². The van der Waals surface area contributed by atoms with Crippen LogP contribution in [0.5, 0.6) is 5.75 Å². The summed E-state index contributed by atoms with van der Waals surface area (Å²) in [5, 5.41) is 50.2. The molecule has 0 amide bonds. The normalized spacial score (nSPS) is 26.7. The van der Waals surface area contributed by atoms with E-state index in [1.807, 2.05) is 13.0 Å². The van der Waals surface area contributed by atoms with Gasteiger partial charge in [0.15, 0.2) is 0 Å². The van der Waals surface area contributed by atoms with Crippen LogP contribution in [0.3, 0.4) is 0 Å². The molecule has 0 spiro atoms. The first-order chi connectivity index (χ1) is 15.2. The number of hydrogen-bond acceptors (Lipinski definition) is 7. The van der Waals surface area contributed by atoms with Crippen molar-refractivity contribution in [1.29, 1.82) is 0 Å². The summed E-state index contributed by atoms with van der Waals surface area (Å²) in [6.07, 6.45) is -7.87. The van der Waals surface area contributed by atoms with Gasteiger partial charge >= 0.3 is 0 Å². The molecule has 1 heterocycles. The van der Waals surface area contributed by atoms with E-state index in [4.69, 9.17) is 21.1 Å². The zero-order chi connectivity index (χ0) is 23.6. The number of halogens is 2. The Balaban J connectivity index is 1.96. The number of hydrogen-bond donors (Lipinski definition) is 5. The Labute approximate surface area is 190 Å². The van der Waals surface area contributed by atoms with Crippen LogP contribution in [0.1, 0.15) is 36.1 Å². The van der Waals surface area contributed by atoms with E-state index in [0.29, 0.717) is 23.1 Å². The first kappa shape index (κ1) is 24.9. The molecule has 6 atom stereocenters. The molecule has 0 aliphatic carbocycles. The summed E-state index contributed by atoms with van der Waals surface area (Å²) < 4.78 is 25.9. The third-order valence-electron chi connectivity index (χ3n) is 5.61. The van der Waals surface area contributed by atoms with Crippen LogP contribution in [0.4, 0.5) is 4.39 Å². The Hall–Kier alpha value is -1.78. The average Bonchev–Trinajstić information content (AvgIpc) is 2.76. The quantitative estimate of drug-likeness (QED) is 0.417. The zero-order valence-electron chi connectivity index (χ0n) is 17.8. The largest absolute Gasteiger partial charge is 0.462 e. The number of aliphatic hydroxyl groups excluding tert-OH is 5. The average molecular weight is 471 g/mol. The fourth-order valence-electron chi connectivity index (χ4n) is 3.67. The molecule has 32 heavy (non-hydrogen) atoms. The van der Waals surface area contributed by atoms with Crippen molar-refractivity contribution in [3.05, 3.63) is 63.4 Å². The lowest BCUT2D eigenvalue weighted by molar-refractivity contribution is -0.286. The second-order valence-corrected chi connectivity index (χ2v) is 8.38. The zero-order valence-corrected chi connectivity index (χ0v) is 18.5. The summed E-state index contributed by atoms with van der Waals surface area (Å²) in [6, 6.07) is 7.92. The highest BCUT2D eigenvalue weighted by molar-refractivity contribution is 6.31. The van der Waals surface area contributed by atoms with Crippen LogP contribution >= 0.6 is 11.6 Å². The highest BCUT2D eigenvalue weighted by Gasteiger charge is 2.46. The second kappa shape index (κ2) is 10.4. The van der Waals surface area contributed by atoms with E-state index in [9.17, 15) is 29.9 Å². The number of benzene rings is 2. The maximum atomic E-state index is 14.6. The molecule has 0 radical (unpaired) electrons. The van der Waals surface area contributed by atoms with Gasteiger partial charge in [-0.25, -0.2) is 4.39 Å². The van der Waals surface area contributed by atoms with Crippen molar-refractivity contribution < 1.29 is 39.4 Å². The van der Waals surface area contributed by atoms with E-state index in [1.165, 1.54) is 25.1 Å². The molecule has 0 aromatic heterocycles. The molecular formula is C23H28ClFO7. The summed E-state index contributed by atoms with van der Waals surface area (Å²) in [7, 11) is 0. The van der Waals surface area contributed by atoms with Gasteiger partial charge in [-0.05, 0) is 48.2 Å². The minimum absolute atomic E-state index is 0.0591. The van der Waals surface area contributed by atoms with Crippen molar-refractivity contribution in [2.45, 2.75) is 70.1 Å². The van der Waals surface area contributed by atoms with Gasteiger partial charge in [-0.2, -0.15) is 0 Å². The van der Waals surface area contributed by atoms with Crippen LogP contribution < -0.4 is 4.74 Å². The first-order valence-electron chi connectivity index (χ1n) is 10.4. The SMILES string of the molecule is CCc1ccc(Cc2c(Cl)cc(CO)cc2O[C@@H]2O[C@H]([C@@H](C)O)[C@@H](O)[C@H](O)[C@H]2O)c(F)c1. The summed E-state index contributed by atoms with van der Waals surface area (Å²) in [5.41, 5.74) is 2.01. The molecule has 7 nitrogen and oxygen atoms in total.